The number of aromatic nitrogens is 3. The van der Waals surface area contributed by atoms with Crippen LogP contribution in [0.5, 0.6) is 0 Å². The molecule has 2 N–H and O–H groups in total. The predicted molar refractivity (Wildman–Crippen MR) is 106 cm³/mol. The number of hydrogen-bond acceptors (Lipinski definition) is 4. The molecule has 26 heavy (non-hydrogen) atoms. The van der Waals surface area contributed by atoms with Crippen LogP contribution >= 0.6 is 24.8 Å². The molecule has 148 valence electrons. The van der Waals surface area contributed by atoms with Crippen molar-refractivity contribution >= 4 is 30.7 Å². The molecule has 4 rings (SSSR count). The van der Waals surface area contributed by atoms with Crippen molar-refractivity contribution in [2.24, 2.45) is 11.7 Å². The summed E-state index contributed by atoms with van der Waals surface area (Å²) in [5, 5.41) is 8.89. The Hall–Kier alpha value is -0.850. The number of carbonyl (C=O) groups is 1. The first-order valence-corrected chi connectivity index (χ1v) is 9.71. The summed E-state index contributed by atoms with van der Waals surface area (Å²) in [5.41, 5.74) is 6.18. The molecule has 1 aliphatic carbocycles. The highest BCUT2D eigenvalue weighted by atomic mass is 35.5. The number of carbonyl (C=O) groups excluding carboxylic acids is 1. The van der Waals surface area contributed by atoms with Crippen LogP contribution in [-0.2, 0) is 17.8 Å². The molecule has 3 atom stereocenters. The minimum absolute atomic E-state index is 0. The van der Waals surface area contributed by atoms with Gasteiger partial charge in [0.05, 0.1) is 6.04 Å². The van der Waals surface area contributed by atoms with Gasteiger partial charge in [-0.05, 0) is 50.9 Å². The van der Waals surface area contributed by atoms with Crippen molar-refractivity contribution in [2.45, 2.75) is 82.8 Å². The Balaban J connectivity index is 0.00000121. The highest BCUT2D eigenvalue weighted by Crippen LogP contribution is 2.34. The lowest BCUT2D eigenvalue weighted by atomic mass is 9.96. The van der Waals surface area contributed by atoms with E-state index in [2.05, 4.69) is 19.7 Å². The molecule has 1 unspecified atom stereocenters. The Kier molecular flexibility index (Phi) is 7.74. The molecular weight excluding hydrogens is 373 g/mol. The zero-order chi connectivity index (χ0) is 16.5. The number of fused-ring (bicyclic) bond motifs is 1. The van der Waals surface area contributed by atoms with E-state index in [1.807, 2.05) is 0 Å². The van der Waals surface area contributed by atoms with Gasteiger partial charge in [-0.15, -0.1) is 35.0 Å². The van der Waals surface area contributed by atoms with Crippen LogP contribution in [-0.4, -0.2) is 38.2 Å². The third-order valence-electron chi connectivity index (χ3n) is 6.16. The van der Waals surface area contributed by atoms with Gasteiger partial charge in [-0.25, -0.2) is 0 Å². The first-order valence-electron chi connectivity index (χ1n) is 9.71. The quantitative estimate of drug-likeness (QED) is 0.840. The zero-order valence-corrected chi connectivity index (χ0v) is 16.9. The highest BCUT2D eigenvalue weighted by molar-refractivity contribution is 5.85. The van der Waals surface area contributed by atoms with Crippen LogP contribution in [0.2, 0.25) is 0 Å². The molecule has 1 saturated carbocycles. The fourth-order valence-electron chi connectivity index (χ4n) is 4.74. The number of likely N-dealkylation sites (tertiary alicyclic amines) is 1. The fraction of sp³-hybridized carbons (Fsp3) is 0.833. The van der Waals surface area contributed by atoms with Gasteiger partial charge in [-0.1, -0.05) is 6.42 Å². The third kappa shape index (κ3) is 4.18. The molecule has 0 spiro atoms. The van der Waals surface area contributed by atoms with E-state index < -0.39 is 0 Å². The summed E-state index contributed by atoms with van der Waals surface area (Å²) in [6, 6.07) is 0.321. The van der Waals surface area contributed by atoms with Gasteiger partial charge < -0.3 is 15.2 Å². The van der Waals surface area contributed by atoms with Gasteiger partial charge >= 0.3 is 0 Å². The summed E-state index contributed by atoms with van der Waals surface area (Å²) in [6.07, 6.45) is 10.6. The van der Waals surface area contributed by atoms with E-state index in [-0.39, 0.29) is 42.8 Å². The fourth-order valence-corrected chi connectivity index (χ4v) is 4.74. The maximum atomic E-state index is 13.0. The standard InChI is InChI=1S/C18H29N5O.2ClH/c19-14-7-5-6-13(14)12-17(24)22-10-3-1-8-15(22)18-21-20-16-9-2-4-11-23(16)18;;/h13-15H,1-12,19H2;2*1H/t13-,14+,15?;;/m0../s1. The van der Waals surface area contributed by atoms with E-state index >= 15 is 0 Å². The minimum atomic E-state index is 0. The summed E-state index contributed by atoms with van der Waals surface area (Å²) < 4.78 is 2.28. The Morgan fingerprint density at radius 1 is 1.00 bits per heavy atom. The van der Waals surface area contributed by atoms with Crippen LogP contribution in [0.25, 0.3) is 0 Å². The Morgan fingerprint density at radius 3 is 2.58 bits per heavy atom. The first kappa shape index (κ1) is 21.5. The van der Waals surface area contributed by atoms with Crippen molar-refractivity contribution in [3.63, 3.8) is 0 Å². The van der Waals surface area contributed by atoms with Gasteiger partial charge in [-0.3, -0.25) is 4.79 Å². The summed E-state index contributed by atoms with van der Waals surface area (Å²) in [7, 11) is 0. The molecule has 0 aromatic carbocycles. The molecule has 1 amide bonds. The Bertz CT molecular complexity index is 608. The van der Waals surface area contributed by atoms with Gasteiger partial charge in [0.15, 0.2) is 5.82 Å². The normalized spacial score (nSPS) is 28.0. The topological polar surface area (TPSA) is 77.0 Å². The maximum absolute atomic E-state index is 13.0. The van der Waals surface area contributed by atoms with Crippen molar-refractivity contribution < 1.29 is 4.79 Å². The van der Waals surface area contributed by atoms with E-state index in [1.54, 1.807) is 0 Å². The molecule has 3 heterocycles. The SMILES string of the molecule is Cl.Cl.N[C@@H]1CCC[C@H]1CC(=O)N1CCCCC1c1nnc2n1CCCC2. The number of nitrogens with two attached hydrogens (primary N) is 1. The maximum Gasteiger partial charge on any atom is 0.223 e. The van der Waals surface area contributed by atoms with Gasteiger partial charge in [0.2, 0.25) is 5.91 Å². The van der Waals surface area contributed by atoms with Crippen LogP contribution in [0.15, 0.2) is 0 Å². The highest BCUT2D eigenvalue weighted by Gasteiger charge is 2.35. The van der Waals surface area contributed by atoms with Gasteiger partial charge in [0.25, 0.3) is 0 Å². The second-order valence-electron chi connectivity index (χ2n) is 7.74. The average Bonchev–Trinajstić information content (AvgIpc) is 3.21. The van der Waals surface area contributed by atoms with Crippen molar-refractivity contribution in [1.29, 1.82) is 0 Å². The van der Waals surface area contributed by atoms with Crippen LogP contribution in [0.1, 0.15) is 75.5 Å². The molecule has 1 aromatic heterocycles. The van der Waals surface area contributed by atoms with Gasteiger partial charge in [-0.2, -0.15) is 0 Å². The number of nitrogens with zero attached hydrogens (tertiary/aromatic N) is 4. The van der Waals surface area contributed by atoms with Crippen molar-refractivity contribution in [1.82, 2.24) is 19.7 Å². The van der Waals surface area contributed by atoms with E-state index in [0.29, 0.717) is 12.3 Å². The zero-order valence-electron chi connectivity index (χ0n) is 15.3. The summed E-state index contributed by atoms with van der Waals surface area (Å²) in [6.45, 7) is 1.86. The Labute approximate surface area is 168 Å². The molecule has 2 fully saturated rings. The number of halogens is 2. The third-order valence-corrected chi connectivity index (χ3v) is 6.16. The monoisotopic (exact) mass is 403 g/mol. The summed E-state index contributed by atoms with van der Waals surface area (Å²) in [5.74, 6) is 2.77. The molecule has 1 aromatic rings. The molecule has 8 heteroatoms. The van der Waals surface area contributed by atoms with E-state index in [9.17, 15) is 4.79 Å². The molecule has 0 bridgehead atoms. The second kappa shape index (κ2) is 9.38. The van der Waals surface area contributed by atoms with E-state index in [4.69, 9.17) is 5.73 Å². The largest absolute Gasteiger partial charge is 0.332 e. The molecular formula is C18H31Cl2N5O. The predicted octanol–water partition coefficient (Wildman–Crippen LogP) is 3.03. The number of aryl methyl sites for hydroxylation is 1. The lowest BCUT2D eigenvalue weighted by Crippen LogP contribution is -2.41. The number of amides is 1. The average molecular weight is 404 g/mol. The van der Waals surface area contributed by atoms with E-state index in [0.717, 1.165) is 56.8 Å². The smallest absolute Gasteiger partial charge is 0.223 e. The lowest BCUT2D eigenvalue weighted by molar-refractivity contribution is -0.136. The summed E-state index contributed by atoms with van der Waals surface area (Å²) in [4.78, 5) is 15.1. The van der Waals surface area contributed by atoms with E-state index in [1.165, 1.54) is 25.7 Å². The number of piperidine rings is 1. The number of hydrogen-bond donors (Lipinski definition) is 1. The lowest BCUT2D eigenvalue weighted by Gasteiger charge is -2.36. The molecule has 2 aliphatic heterocycles. The Morgan fingerprint density at radius 2 is 1.81 bits per heavy atom. The summed E-state index contributed by atoms with van der Waals surface area (Å²) >= 11 is 0. The minimum Gasteiger partial charge on any atom is -0.332 e. The molecule has 6 nitrogen and oxygen atoms in total. The van der Waals surface area contributed by atoms with Crippen molar-refractivity contribution in [3.05, 3.63) is 11.6 Å². The molecule has 1 saturated heterocycles. The van der Waals surface area contributed by atoms with Crippen LogP contribution < -0.4 is 5.73 Å². The number of rotatable bonds is 3. The van der Waals surface area contributed by atoms with Gasteiger partial charge in [0, 0.05) is 32.0 Å². The van der Waals surface area contributed by atoms with Crippen molar-refractivity contribution in [2.75, 3.05) is 6.54 Å². The van der Waals surface area contributed by atoms with Gasteiger partial charge in [0.1, 0.15) is 5.82 Å². The van der Waals surface area contributed by atoms with Crippen molar-refractivity contribution in [3.8, 4) is 0 Å². The van der Waals surface area contributed by atoms with Crippen LogP contribution in [0.4, 0.5) is 0 Å². The first-order chi connectivity index (χ1) is 11.7. The second-order valence-corrected chi connectivity index (χ2v) is 7.74. The molecule has 3 aliphatic rings. The van der Waals surface area contributed by atoms with Crippen LogP contribution in [0, 0.1) is 5.92 Å². The molecule has 0 radical (unpaired) electrons. The van der Waals surface area contributed by atoms with Crippen LogP contribution in [0.3, 0.4) is 0 Å².